The fourth-order valence-electron chi connectivity index (χ4n) is 0.631. The minimum absolute atomic E-state index is 0. The summed E-state index contributed by atoms with van der Waals surface area (Å²) in [6.07, 6.45) is 0.00694. The molecule has 0 unspecified atom stereocenters. The van der Waals surface area contributed by atoms with E-state index >= 15 is 0 Å². The van der Waals surface area contributed by atoms with E-state index in [1.54, 1.807) is 0 Å². The lowest BCUT2D eigenvalue weighted by molar-refractivity contribution is 0.0238. The van der Waals surface area contributed by atoms with Crippen LogP contribution in [0.3, 0.4) is 0 Å². The number of halogens is 3. The highest BCUT2D eigenvalue weighted by Gasteiger charge is 2.32. The first-order chi connectivity index (χ1) is 3.21. The van der Waals surface area contributed by atoms with E-state index in [0.29, 0.717) is 6.54 Å². The Labute approximate surface area is 63.9 Å². The third-order valence-electron chi connectivity index (χ3n) is 1.05. The highest BCUT2D eigenvalue weighted by molar-refractivity contribution is 14.0. The van der Waals surface area contributed by atoms with Crippen molar-refractivity contribution in [1.29, 1.82) is 0 Å². The maximum absolute atomic E-state index is 11.9. The molecule has 0 spiro atoms. The van der Waals surface area contributed by atoms with Gasteiger partial charge in [0.05, 0.1) is 6.54 Å². The van der Waals surface area contributed by atoms with Crippen molar-refractivity contribution in [2.24, 2.45) is 0 Å². The number of nitrogens with one attached hydrogen (secondary N) is 1. The predicted molar refractivity (Wildman–Crippen MR) is 37.8 cm³/mol. The Morgan fingerprint density at radius 2 is 2.00 bits per heavy atom. The van der Waals surface area contributed by atoms with Crippen LogP contribution < -0.4 is 5.32 Å². The lowest BCUT2D eigenvalue weighted by Crippen LogP contribution is -2.18. The largest absolute Gasteiger partial charge is 0.311 e. The van der Waals surface area contributed by atoms with Gasteiger partial charge in [-0.05, 0) is 0 Å². The van der Waals surface area contributed by atoms with Gasteiger partial charge in [-0.2, -0.15) is 0 Å². The number of hydrogen-bond acceptors (Lipinski definition) is 1. The Morgan fingerprint density at radius 3 is 2.12 bits per heavy atom. The quantitative estimate of drug-likeness (QED) is 0.622. The average Bonchev–Trinajstić information content (AvgIpc) is 1.84. The van der Waals surface area contributed by atoms with Gasteiger partial charge in [0.2, 0.25) is 0 Å². The summed E-state index contributed by atoms with van der Waals surface area (Å²) < 4.78 is 23.8. The minimum atomic E-state index is -2.42. The molecule has 0 aliphatic carbocycles. The average molecular weight is 235 g/mol. The fraction of sp³-hybridized carbons (Fsp3) is 1.00. The molecule has 50 valence electrons. The van der Waals surface area contributed by atoms with Crippen molar-refractivity contribution in [3.05, 3.63) is 0 Å². The molecule has 1 rings (SSSR count). The molecule has 4 heteroatoms. The molecule has 0 atom stereocenters. The Bertz CT molecular complexity index is 68.4. The van der Waals surface area contributed by atoms with E-state index in [-0.39, 0.29) is 36.9 Å². The molecular weight excluding hydrogens is 227 g/mol. The maximum atomic E-state index is 11.9. The van der Waals surface area contributed by atoms with Crippen LogP contribution in [0.15, 0.2) is 0 Å². The van der Waals surface area contributed by atoms with Crippen LogP contribution in [-0.2, 0) is 0 Å². The van der Waals surface area contributed by atoms with Gasteiger partial charge in [-0.1, -0.05) is 0 Å². The van der Waals surface area contributed by atoms with Crippen molar-refractivity contribution in [3.8, 4) is 0 Å². The standard InChI is InChI=1S/C4H7F2N.HI/c5-4(6)1-2-7-3-4;/h7H,1-3H2;1H. The summed E-state index contributed by atoms with van der Waals surface area (Å²) >= 11 is 0. The molecule has 1 aliphatic heterocycles. The van der Waals surface area contributed by atoms with E-state index in [1.807, 2.05) is 0 Å². The molecule has 0 aromatic carbocycles. The SMILES string of the molecule is FC1(F)CCNC1.I. The van der Waals surface area contributed by atoms with Gasteiger partial charge in [0, 0.05) is 13.0 Å². The summed E-state index contributed by atoms with van der Waals surface area (Å²) in [4.78, 5) is 0. The molecule has 0 aromatic heterocycles. The van der Waals surface area contributed by atoms with E-state index in [1.165, 1.54) is 0 Å². The second-order valence-corrected chi connectivity index (χ2v) is 1.78. The van der Waals surface area contributed by atoms with Gasteiger partial charge in [0.25, 0.3) is 5.92 Å². The third-order valence-corrected chi connectivity index (χ3v) is 1.05. The van der Waals surface area contributed by atoms with Crippen LogP contribution in [0.25, 0.3) is 0 Å². The van der Waals surface area contributed by atoms with Crippen LogP contribution in [0.5, 0.6) is 0 Å². The molecule has 0 aromatic rings. The van der Waals surface area contributed by atoms with Crippen molar-refractivity contribution in [2.45, 2.75) is 12.3 Å². The first-order valence-electron chi connectivity index (χ1n) is 2.29. The number of hydrogen-bond donors (Lipinski definition) is 1. The number of alkyl halides is 2. The summed E-state index contributed by atoms with van der Waals surface area (Å²) in [7, 11) is 0. The van der Waals surface area contributed by atoms with Crippen LogP contribution in [0.2, 0.25) is 0 Å². The Balaban J connectivity index is 0.000000490. The van der Waals surface area contributed by atoms with Crippen LogP contribution in [0, 0.1) is 0 Å². The fourth-order valence-corrected chi connectivity index (χ4v) is 0.631. The van der Waals surface area contributed by atoms with Crippen LogP contribution in [0.1, 0.15) is 6.42 Å². The first-order valence-corrected chi connectivity index (χ1v) is 2.29. The molecular formula is C4H8F2IN. The predicted octanol–water partition coefficient (Wildman–Crippen LogP) is 1.23. The monoisotopic (exact) mass is 235 g/mol. The van der Waals surface area contributed by atoms with Crippen LogP contribution in [0.4, 0.5) is 8.78 Å². The van der Waals surface area contributed by atoms with Gasteiger partial charge in [0.15, 0.2) is 0 Å². The lowest BCUT2D eigenvalue weighted by Gasteiger charge is -2.02. The van der Waals surface area contributed by atoms with Crippen molar-refractivity contribution >= 4 is 24.0 Å². The molecule has 1 saturated heterocycles. The molecule has 1 fully saturated rings. The Hall–Kier alpha value is 0.550. The van der Waals surface area contributed by atoms with E-state index < -0.39 is 5.92 Å². The molecule has 0 saturated carbocycles. The summed E-state index contributed by atoms with van der Waals surface area (Å²) in [5.74, 6) is -2.42. The van der Waals surface area contributed by atoms with Crippen molar-refractivity contribution in [3.63, 3.8) is 0 Å². The smallest absolute Gasteiger partial charge is 0.261 e. The molecule has 0 radical (unpaired) electrons. The van der Waals surface area contributed by atoms with Gasteiger partial charge >= 0.3 is 0 Å². The van der Waals surface area contributed by atoms with Crippen molar-refractivity contribution in [1.82, 2.24) is 5.32 Å². The summed E-state index contributed by atoms with van der Waals surface area (Å²) in [6, 6.07) is 0. The molecule has 1 aliphatic rings. The summed E-state index contributed by atoms with van der Waals surface area (Å²) in [5.41, 5.74) is 0. The third kappa shape index (κ3) is 2.21. The highest BCUT2D eigenvalue weighted by atomic mass is 127. The van der Waals surface area contributed by atoms with Gasteiger partial charge in [-0.3, -0.25) is 0 Å². The van der Waals surface area contributed by atoms with Gasteiger partial charge in [0.1, 0.15) is 0 Å². The van der Waals surface area contributed by atoms with E-state index in [2.05, 4.69) is 5.32 Å². The Morgan fingerprint density at radius 1 is 1.38 bits per heavy atom. The zero-order chi connectivity index (χ0) is 5.33. The van der Waals surface area contributed by atoms with Crippen LogP contribution >= 0.6 is 24.0 Å². The highest BCUT2D eigenvalue weighted by Crippen LogP contribution is 2.19. The zero-order valence-electron chi connectivity index (χ0n) is 4.29. The molecule has 0 bridgehead atoms. The summed E-state index contributed by atoms with van der Waals surface area (Å²) in [5, 5.41) is 2.56. The second-order valence-electron chi connectivity index (χ2n) is 1.78. The van der Waals surface area contributed by atoms with Crippen molar-refractivity contribution < 1.29 is 8.78 Å². The first kappa shape index (κ1) is 8.55. The van der Waals surface area contributed by atoms with Crippen molar-refractivity contribution in [2.75, 3.05) is 13.1 Å². The molecule has 1 nitrogen and oxygen atoms in total. The van der Waals surface area contributed by atoms with Gasteiger partial charge < -0.3 is 5.32 Å². The van der Waals surface area contributed by atoms with Gasteiger partial charge in [-0.25, -0.2) is 8.78 Å². The normalized spacial score (nSPS) is 24.8. The summed E-state index contributed by atoms with van der Waals surface area (Å²) in [6.45, 7) is 0.333. The lowest BCUT2D eigenvalue weighted by atomic mass is 10.3. The van der Waals surface area contributed by atoms with E-state index in [4.69, 9.17) is 0 Å². The molecule has 1 N–H and O–H groups in total. The number of rotatable bonds is 0. The minimum Gasteiger partial charge on any atom is -0.311 e. The van der Waals surface area contributed by atoms with E-state index in [0.717, 1.165) is 0 Å². The molecule has 0 amide bonds. The Kier molecular flexibility index (Phi) is 3.11. The van der Waals surface area contributed by atoms with Gasteiger partial charge in [-0.15, -0.1) is 24.0 Å². The van der Waals surface area contributed by atoms with E-state index in [9.17, 15) is 8.78 Å². The second kappa shape index (κ2) is 2.91. The topological polar surface area (TPSA) is 12.0 Å². The molecule has 1 heterocycles. The maximum Gasteiger partial charge on any atom is 0.261 e. The van der Waals surface area contributed by atoms with Crippen LogP contribution in [-0.4, -0.2) is 19.0 Å². The molecule has 8 heavy (non-hydrogen) atoms. The zero-order valence-corrected chi connectivity index (χ0v) is 6.62.